The van der Waals surface area contributed by atoms with Gasteiger partial charge in [0.2, 0.25) is 0 Å². The lowest BCUT2D eigenvalue weighted by atomic mass is 9.83. The zero-order valence-corrected chi connectivity index (χ0v) is 21.7. The molecule has 0 saturated heterocycles. The van der Waals surface area contributed by atoms with E-state index < -0.39 is 0 Å². The van der Waals surface area contributed by atoms with Crippen molar-refractivity contribution in [2.24, 2.45) is 0 Å². The Morgan fingerprint density at radius 2 is 1.33 bits per heavy atom. The Labute approximate surface area is 214 Å². The van der Waals surface area contributed by atoms with E-state index in [1.807, 2.05) is 6.92 Å². The molecule has 0 aromatic heterocycles. The van der Waals surface area contributed by atoms with Crippen molar-refractivity contribution < 1.29 is 18.7 Å². The van der Waals surface area contributed by atoms with Crippen molar-refractivity contribution in [1.29, 1.82) is 0 Å². The number of ether oxygens (including phenoxy) is 1. The molecule has 4 heteroatoms. The molecule has 0 spiro atoms. The lowest BCUT2D eigenvalue weighted by Crippen LogP contribution is -2.20. The molecule has 0 aliphatic heterocycles. The van der Waals surface area contributed by atoms with Gasteiger partial charge in [0.1, 0.15) is 18.2 Å². The first-order valence-corrected chi connectivity index (χ1v) is 12.5. The molecule has 0 saturated carbocycles. The molecule has 0 bridgehead atoms. The molecule has 1 aliphatic carbocycles. The zero-order chi connectivity index (χ0) is 26.1. The van der Waals surface area contributed by atoms with Crippen molar-refractivity contribution in [3.63, 3.8) is 0 Å². The highest BCUT2D eigenvalue weighted by molar-refractivity contribution is 6.26. The monoisotopic (exact) mass is 486 g/mol. The van der Waals surface area contributed by atoms with Gasteiger partial charge in [0.05, 0.1) is 0 Å². The summed E-state index contributed by atoms with van der Waals surface area (Å²) in [7, 11) is 0. The van der Waals surface area contributed by atoms with Crippen LogP contribution in [0.15, 0.2) is 94.6 Å². The average Bonchev–Trinajstić information content (AvgIpc) is 2.87. The summed E-state index contributed by atoms with van der Waals surface area (Å²) in [6.07, 6.45) is 10.8. The van der Waals surface area contributed by atoms with E-state index >= 15 is 0 Å². The molecule has 0 amide bonds. The van der Waals surface area contributed by atoms with Crippen molar-refractivity contribution in [1.82, 2.24) is 0 Å². The largest absolute Gasteiger partial charge is 0.489 e. The molecule has 0 fully saturated rings. The summed E-state index contributed by atoms with van der Waals surface area (Å²) in [4.78, 5) is 25.5. The normalized spacial score (nSPS) is 14.9. The van der Waals surface area contributed by atoms with Crippen LogP contribution in [0.5, 0.6) is 5.75 Å². The average molecular weight is 487 g/mol. The molecular weight excluding hydrogens is 451 g/mol. The second-order valence-corrected chi connectivity index (χ2v) is 9.48. The molecule has 0 heterocycles. The number of carbonyl (C=O) groups excluding carboxylic acids is 2. The Morgan fingerprint density at radius 1 is 0.778 bits per heavy atom. The van der Waals surface area contributed by atoms with Gasteiger partial charge in [-0.05, 0) is 89.6 Å². The number of Topliss-reactive ketones (excluding diaryl/α,β-unsaturated/α-hetero) is 2. The summed E-state index contributed by atoms with van der Waals surface area (Å²) >= 11 is 0. The second kappa shape index (κ2) is 13.0. The van der Waals surface area contributed by atoms with Gasteiger partial charge in [-0.1, -0.05) is 53.6 Å². The Morgan fingerprint density at radius 3 is 1.97 bits per heavy atom. The first-order valence-electron chi connectivity index (χ1n) is 12.5. The Hall–Kier alpha value is -3.53. The van der Waals surface area contributed by atoms with Crippen molar-refractivity contribution in [2.45, 2.75) is 59.8 Å². The molecule has 0 unspecified atom stereocenters. The molecule has 0 radical (unpaired) electrons. The number of carbonyl (C=O) groups is 2. The van der Waals surface area contributed by atoms with E-state index in [1.54, 1.807) is 43.3 Å². The van der Waals surface area contributed by atoms with Crippen LogP contribution in [-0.2, 0) is 0 Å². The van der Waals surface area contributed by atoms with E-state index in [0.717, 1.165) is 31.3 Å². The molecule has 0 N–H and O–H groups in total. The number of halogens is 1. The van der Waals surface area contributed by atoms with Crippen LogP contribution < -0.4 is 4.74 Å². The van der Waals surface area contributed by atoms with Gasteiger partial charge in [-0.15, -0.1) is 0 Å². The Balaban J connectivity index is 1.43. The van der Waals surface area contributed by atoms with Crippen LogP contribution >= 0.6 is 0 Å². The third-order valence-corrected chi connectivity index (χ3v) is 6.48. The second-order valence-electron chi connectivity index (χ2n) is 9.48. The number of allylic oxidation sites excluding steroid dienone is 7. The van der Waals surface area contributed by atoms with Gasteiger partial charge in [-0.25, -0.2) is 4.39 Å². The summed E-state index contributed by atoms with van der Waals surface area (Å²) in [5.41, 5.74) is 5.89. The van der Waals surface area contributed by atoms with Gasteiger partial charge in [0.15, 0.2) is 11.6 Å². The van der Waals surface area contributed by atoms with E-state index in [0.29, 0.717) is 41.1 Å². The Bertz CT molecular complexity index is 1230. The van der Waals surface area contributed by atoms with Crippen LogP contribution in [0.1, 0.15) is 80.5 Å². The van der Waals surface area contributed by atoms with Crippen molar-refractivity contribution in [2.75, 3.05) is 6.61 Å². The number of ketones is 2. The predicted octanol–water partition coefficient (Wildman–Crippen LogP) is 8.39. The van der Waals surface area contributed by atoms with E-state index in [1.165, 1.54) is 23.3 Å². The predicted molar refractivity (Wildman–Crippen MR) is 144 cm³/mol. The van der Waals surface area contributed by atoms with Gasteiger partial charge in [0.25, 0.3) is 0 Å². The minimum atomic E-state index is -0.267. The van der Waals surface area contributed by atoms with Crippen molar-refractivity contribution >= 4 is 11.6 Å². The fraction of sp³-hybridized carbons (Fsp3) is 0.312. The lowest BCUT2D eigenvalue weighted by Gasteiger charge is -2.18. The van der Waals surface area contributed by atoms with E-state index in [4.69, 9.17) is 4.74 Å². The molecule has 3 nitrogen and oxygen atoms in total. The maximum atomic E-state index is 13.0. The summed E-state index contributed by atoms with van der Waals surface area (Å²) in [5.74, 6) is 0.321. The summed E-state index contributed by atoms with van der Waals surface area (Å²) < 4.78 is 18.6. The van der Waals surface area contributed by atoms with Crippen LogP contribution in [0, 0.1) is 5.82 Å². The molecular formula is C32H35FO3. The minimum absolute atomic E-state index is 0.0334. The number of benzene rings is 2. The number of fused-ring (bicyclic) bond motifs is 1. The number of rotatable bonds is 11. The Kier molecular flexibility index (Phi) is 9.75. The van der Waals surface area contributed by atoms with Gasteiger partial charge in [-0.2, -0.15) is 0 Å². The number of hydrogen-bond donors (Lipinski definition) is 0. The molecule has 36 heavy (non-hydrogen) atoms. The van der Waals surface area contributed by atoms with Crippen molar-refractivity contribution in [3.8, 4) is 5.75 Å². The van der Waals surface area contributed by atoms with Crippen LogP contribution in [0.2, 0.25) is 0 Å². The highest BCUT2D eigenvalue weighted by atomic mass is 19.1. The quantitative estimate of drug-likeness (QED) is 0.300. The fourth-order valence-electron chi connectivity index (χ4n) is 4.16. The molecule has 2 aromatic rings. The van der Waals surface area contributed by atoms with Gasteiger partial charge in [-0.3, -0.25) is 9.59 Å². The highest BCUT2D eigenvalue weighted by Crippen LogP contribution is 2.28. The standard InChI is InChI=1S/C32H35FO3/c1-22(10-8-12-24(3)21-36-27-18-16-26(33)17-19-27)9-7-11-23(2)15-20-28-25(4)31(34)29-13-5-6-14-30(29)32(28)35/h5-6,9,12-19H,7-8,10-11,20-21H2,1-4H3/b22-9+,23-15+,24-12+. The van der Waals surface area contributed by atoms with E-state index in [-0.39, 0.29) is 17.4 Å². The van der Waals surface area contributed by atoms with Gasteiger partial charge >= 0.3 is 0 Å². The van der Waals surface area contributed by atoms with Crippen LogP contribution in [0.4, 0.5) is 4.39 Å². The third-order valence-electron chi connectivity index (χ3n) is 6.48. The topological polar surface area (TPSA) is 43.4 Å². The molecule has 3 rings (SSSR count). The highest BCUT2D eigenvalue weighted by Gasteiger charge is 2.28. The molecule has 188 valence electrons. The third kappa shape index (κ3) is 7.48. The minimum Gasteiger partial charge on any atom is -0.489 e. The van der Waals surface area contributed by atoms with Crippen LogP contribution in [-0.4, -0.2) is 18.2 Å². The lowest BCUT2D eigenvalue weighted by molar-refractivity contribution is 0.0973. The molecule has 1 aliphatic rings. The fourth-order valence-corrected chi connectivity index (χ4v) is 4.16. The first-order chi connectivity index (χ1) is 17.3. The van der Waals surface area contributed by atoms with E-state index in [2.05, 4.69) is 32.1 Å². The van der Waals surface area contributed by atoms with Crippen molar-refractivity contribution in [3.05, 3.63) is 112 Å². The molecule has 2 aromatic carbocycles. The summed E-state index contributed by atoms with van der Waals surface area (Å²) in [6, 6.07) is 13.1. The van der Waals surface area contributed by atoms with Crippen LogP contribution in [0.25, 0.3) is 0 Å². The zero-order valence-electron chi connectivity index (χ0n) is 21.7. The van der Waals surface area contributed by atoms with Crippen LogP contribution in [0.3, 0.4) is 0 Å². The smallest absolute Gasteiger partial charge is 0.190 e. The maximum absolute atomic E-state index is 13.0. The summed E-state index contributed by atoms with van der Waals surface area (Å²) in [5, 5.41) is 0. The first kappa shape index (κ1) is 27.1. The summed E-state index contributed by atoms with van der Waals surface area (Å²) in [6.45, 7) is 8.52. The van der Waals surface area contributed by atoms with Gasteiger partial charge < -0.3 is 4.74 Å². The maximum Gasteiger partial charge on any atom is 0.190 e. The SMILES string of the molecule is CC1=C(C/C=C(\C)CC/C=C(\C)CC/C=C(\C)COc2ccc(F)cc2)C(=O)c2ccccc2C1=O. The number of hydrogen-bond acceptors (Lipinski definition) is 3. The van der Waals surface area contributed by atoms with Gasteiger partial charge in [0, 0.05) is 22.3 Å². The van der Waals surface area contributed by atoms with E-state index in [9.17, 15) is 14.0 Å². The molecule has 0 atom stereocenters.